The standard InChI is InChI=1S/C15H23BrN2O.2ClH/c1-3-11(2)15(18-8-6-17-7-9-18)12-4-5-14(19)13(16)10-12;;/h4-5,10-11,15,17,19H,3,6-9H2,1-2H3;2*1H/t11?,15-;;/m1../s1. The molecule has 0 saturated carbocycles. The van der Waals surface area contributed by atoms with Gasteiger partial charge in [-0.3, -0.25) is 4.90 Å². The number of aromatic hydroxyl groups is 1. The summed E-state index contributed by atoms with van der Waals surface area (Å²) in [6.45, 7) is 8.86. The highest BCUT2D eigenvalue weighted by Crippen LogP contribution is 2.34. The number of nitrogens with zero attached hydrogens (tertiary/aromatic N) is 1. The molecule has 0 amide bonds. The third kappa shape index (κ3) is 5.29. The fourth-order valence-corrected chi connectivity index (χ4v) is 3.19. The molecular weight excluding hydrogens is 375 g/mol. The highest BCUT2D eigenvalue weighted by atomic mass is 79.9. The smallest absolute Gasteiger partial charge is 0.129 e. The van der Waals surface area contributed by atoms with Crippen LogP contribution in [0.4, 0.5) is 0 Å². The van der Waals surface area contributed by atoms with Gasteiger partial charge in [-0.05, 0) is 39.5 Å². The van der Waals surface area contributed by atoms with Gasteiger partial charge in [0.15, 0.2) is 0 Å². The molecule has 0 aliphatic carbocycles. The normalized spacial score (nSPS) is 18.2. The van der Waals surface area contributed by atoms with Crippen molar-refractivity contribution in [2.45, 2.75) is 26.3 Å². The average Bonchev–Trinajstić information content (AvgIpc) is 2.44. The molecule has 0 spiro atoms. The molecule has 2 atom stereocenters. The quantitative estimate of drug-likeness (QED) is 0.803. The Kier molecular flexibility index (Phi) is 9.90. The maximum atomic E-state index is 9.66. The van der Waals surface area contributed by atoms with Gasteiger partial charge in [-0.25, -0.2) is 0 Å². The molecule has 2 N–H and O–H groups in total. The van der Waals surface area contributed by atoms with Crippen molar-refractivity contribution >= 4 is 40.7 Å². The predicted octanol–water partition coefficient (Wildman–Crippen LogP) is 3.99. The van der Waals surface area contributed by atoms with Crippen molar-refractivity contribution in [1.82, 2.24) is 10.2 Å². The number of piperazine rings is 1. The van der Waals surface area contributed by atoms with Crippen LogP contribution < -0.4 is 5.32 Å². The van der Waals surface area contributed by atoms with E-state index in [2.05, 4.69) is 52.1 Å². The van der Waals surface area contributed by atoms with Gasteiger partial charge in [0.25, 0.3) is 0 Å². The Hall–Kier alpha value is -0.000000000000000111. The van der Waals surface area contributed by atoms with Crippen LogP contribution in [0.15, 0.2) is 22.7 Å². The number of hydrogen-bond donors (Lipinski definition) is 2. The van der Waals surface area contributed by atoms with Crippen LogP contribution in [-0.2, 0) is 0 Å². The fourth-order valence-electron chi connectivity index (χ4n) is 2.79. The number of benzene rings is 1. The van der Waals surface area contributed by atoms with E-state index in [0.29, 0.717) is 17.7 Å². The molecule has 1 unspecified atom stereocenters. The molecule has 1 aliphatic rings. The summed E-state index contributed by atoms with van der Waals surface area (Å²) >= 11 is 3.43. The van der Waals surface area contributed by atoms with Crippen molar-refractivity contribution < 1.29 is 5.11 Å². The molecule has 2 rings (SSSR count). The van der Waals surface area contributed by atoms with Crippen LogP contribution in [0.2, 0.25) is 0 Å². The van der Waals surface area contributed by atoms with E-state index < -0.39 is 0 Å². The zero-order valence-corrected chi connectivity index (χ0v) is 15.7. The van der Waals surface area contributed by atoms with Crippen molar-refractivity contribution in [3.8, 4) is 5.75 Å². The van der Waals surface area contributed by atoms with Gasteiger partial charge in [0.05, 0.1) is 4.47 Å². The second-order valence-electron chi connectivity index (χ2n) is 5.33. The summed E-state index contributed by atoms with van der Waals surface area (Å²) in [4.78, 5) is 2.56. The van der Waals surface area contributed by atoms with E-state index in [1.165, 1.54) is 5.56 Å². The van der Waals surface area contributed by atoms with Crippen molar-refractivity contribution in [3.05, 3.63) is 28.2 Å². The van der Waals surface area contributed by atoms with Gasteiger partial charge >= 0.3 is 0 Å². The molecule has 1 heterocycles. The number of halogens is 3. The lowest BCUT2D eigenvalue weighted by Crippen LogP contribution is -2.46. The molecule has 6 heteroatoms. The maximum Gasteiger partial charge on any atom is 0.129 e. The van der Waals surface area contributed by atoms with Crippen molar-refractivity contribution in [2.24, 2.45) is 5.92 Å². The topological polar surface area (TPSA) is 35.5 Å². The Labute approximate surface area is 148 Å². The lowest BCUT2D eigenvalue weighted by Gasteiger charge is -2.38. The zero-order valence-electron chi connectivity index (χ0n) is 12.5. The molecule has 1 saturated heterocycles. The molecule has 1 fully saturated rings. The summed E-state index contributed by atoms with van der Waals surface area (Å²) in [5, 5.41) is 13.1. The first-order chi connectivity index (χ1) is 9.13. The lowest BCUT2D eigenvalue weighted by molar-refractivity contribution is 0.128. The molecule has 0 aromatic heterocycles. The Morgan fingerprint density at radius 2 is 1.90 bits per heavy atom. The zero-order chi connectivity index (χ0) is 13.8. The van der Waals surface area contributed by atoms with Crippen molar-refractivity contribution in [2.75, 3.05) is 26.2 Å². The molecular formula is C15H25BrCl2N2O. The van der Waals surface area contributed by atoms with Crippen molar-refractivity contribution in [1.29, 1.82) is 0 Å². The van der Waals surface area contributed by atoms with Crippen LogP contribution in [0.25, 0.3) is 0 Å². The number of hydrogen-bond acceptors (Lipinski definition) is 3. The van der Waals surface area contributed by atoms with Crippen LogP contribution in [-0.4, -0.2) is 36.2 Å². The Morgan fingerprint density at radius 1 is 1.29 bits per heavy atom. The summed E-state index contributed by atoms with van der Waals surface area (Å²) < 4.78 is 0.786. The minimum atomic E-state index is 0. The van der Waals surface area contributed by atoms with Crippen LogP contribution in [0.1, 0.15) is 31.9 Å². The van der Waals surface area contributed by atoms with E-state index >= 15 is 0 Å². The SMILES string of the molecule is CCC(C)[C@H](c1ccc(O)c(Br)c1)N1CCNCC1.Cl.Cl. The Morgan fingerprint density at radius 3 is 2.43 bits per heavy atom. The van der Waals surface area contributed by atoms with Crippen LogP contribution in [0.5, 0.6) is 5.75 Å². The first-order valence-corrected chi connectivity index (χ1v) is 7.86. The largest absolute Gasteiger partial charge is 0.507 e. The number of phenols is 1. The molecule has 1 aliphatic heterocycles. The minimum absolute atomic E-state index is 0. The highest BCUT2D eigenvalue weighted by Gasteiger charge is 2.26. The monoisotopic (exact) mass is 398 g/mol. The van der Waals surface area contributed by atoms with E-state index in [9.17, 15) is 5.11 Å². The number of phenolic OH excluding ortho intramolecular Hbond substituents is 1. The average molecular weight is 400 g/mol. The molecule has 0 radical (unpaired) electrons. The highest BCUT2D eigenvalue weighted by molar-refractivity contribution is 9.10. The Bertz CT molecular complexity index is 428. The van der Waals surface area contributed by atoms with Gasteiger partial charge in [0.1, 0.15) is 5.75 Å². The predicted molar refractivity (Wildman–Crippen MR) is 96.9 cm³/mol. The van der Waals surface area contributed by atoms with Gasteiger partial charge in [-0.1, -0.05) is 26.3 Å². The fraction of sp³-hybridized carbons (Fsp3) is 0.600. The second kappa shape index (κ2) is 9.90. The van der Waals surface area contributed by atoms with Gasteiger partial charge in [-0.2, -0.15) is 0 Å². The summed E-state index contributed by atoms with van der Waals surface area (Å²) in [7, 11) is 0. The summed E-state index contributed by atoms with van der Waals surface area (Å²) in [5.74, 6) is 0.918. The molecule has 0 bridgehead atoms. The van der Waals surface area contributed by atoms with Gasteiger partial charge < -0.3 is 10.4 Å². The summed E-state index contributed by atoms with van der Waals surface area (Å²) in [6.07, 6.45) is 1.16. The van der Waals surface area contributed by atoms with E-state index in [4.69, 9.17) is 0 Å². The van der Waals surface area contributed by atoms with E-state index in [1.54, 1.807) is 6.07 Å². The molecule has 122 valence electrons. The Balaban J connectivity index is 0.00000200. The molecule has 21 heavy (non-hydrogen) atoms. The van der Waals surface area contributed by atoms with Crippen LogP contribution in [0.3, 0.4) is 0 Å². The van der Waals surface area contributed by atoms with Crippen molar-refractivity contribution in [3.63, 3.8) is 0 Å². The molecule has 1 aromatic carbocycles. The first kappa shape index (κ1) is 21.0. The van der Waals surface area contributed by atoms with Gasteiger partial charge in [0.2, 0.25) is 0 Å². The van der Waals surface area contributed by atoms with E-state index in [0.717, 1.165) is 37.1 Å². The first-order valence-electron chi connectivity index (χ1n) is 7.06. The summed E-state index contributed by atoms with van der Waals surface area (Å²) in [6, 6.07) is 6.34. The molecule has 1 aromatic rings. The maximum absolute atomic E-state index is 9.66. The van der Waals surface area contributed by atoms with E-state index in [-0.39, 0.29) is 24.8 Å². The van der Waals surface area contributed by atoms with Crippen LogP contribution in [0, 0.1) is 5.92 Å². The van der Waals surface area contributed by atoms with Crippen LogP contribution >= 0.6 is 40.7 Å². The van der Waals surface area contributed by atoms with Gasteiger partial charge in [-0.15, -0.1) is 24.8 Å². The third-order valence-corrected chi connectivity index (χ3v) is 4.68. The second-order valence-corrected chi connectivity index (χ2v) is 6.18. The third-order valence-electron chi connectivity index (χ3n) is 4.04. The molecule has 3 nitrogen and oxygen atoms in total. The number of rotatable bonds is 4. The summed E-state index contributed by atoms with van der Waals surface area (Å²) in [5.41, 5.74) is 1.29. The number of nitrogens with one attached hydrogen (secondary N) is 1. The van der Waals surface area contributed by atoms with E-state index in [1.807, 2.05) is 0 Å². The van der Waals surface area contributed by atoms with Gasteiger partial charge in [0, 0.05) is 32.2 Å². The lowest BCUT2D eigenvalue weighted by atomic mass is 9.90. The minimum Gasteiger partial charge on any atom is -0.507 e.